The molecule has 1 aromatic heterocycles. The highest BCUT2D eigenvalue weighted by Gasteiger charge is 2.16. The molecule has 18 heavy (non-hydrogen) atoms. The van der Waals surface area contributed by atoms with Gasteiger partial charge in [-0.25, -0.2) is 0 Å². The first-order valence-corrected chi connectivity index (χ1v) is 5.67. The van der Waals surface area contributed by atoms with Gasteiger partial charge < -0.3 is 10.0 Å². The maximum atomic E-state index is 12.1. The quantitative estimate of drug-likeness (QED) is 0.892. The van der Waals surface area contributed by atoms with E-state index in [-0.39, 0.29) is 17.2 Å². The number of aromatic nitrogens is 2. The molecule has 2 rings (SSSR count). The van der Waals surface area contributed by atoms with E-state index in [0.29, 0.717) is 11.6 Å². The number of carbonyl (C=O) groups excluding carboxylic acids is 1. The van der Waals surface area contributed by atoms with Gasteiger partial charge in [0.05, 0.1) is 11.8 Å². The molecule has 0 unspecified atom stereocenters. The third kappa shape index (κ3) is 2.62. The standard InChI is InChI=1S/C12H12ClN3O2/c1-16(7-8-5-14-15-6-8)12(18)10-3-2-9(13)4-11(10)17/h2-6,17H,7H2,1H3,(H,14,15). The summed E-state index contributed by atoms with van der Waals surface area (Å²) in [4.78, 5) is 13.6. The monoisotopic (exact) mass is 265 g/mol. The molecule has 1 amide bonds. The van der Waals surface area contributed by atoms with Gasteiger partial charge in [-0.1, -0.05) is 11.6 Å². The highest BCUT2D eigenvalue weighted by molar-refractivity contribution is 6.30. The Labute approximate surface area is 109 Å². The van der Waals surface area contributed by atoms with Crippen molar-refractivity contribution in [3.63, 3.8) is 0 Å². The Balaban J connectivity index is 2.15. The summed E-state index contributed by atoms with van der Waals surface area (Å²) in [7, 11) is 1.66. The molecule has 0 atom stereocenters. The number of phenols is 1. The Hall–Kier alpha value is -2.01. The van der Waals surface area contributed by atoms with Crippen LogP contribution in [0.25, 0.3) is 0 Å². The first kappa shape index (κ1) is 12.4. The van der Waals surface area contributed by atoms with Crippen molar-refractivity contribution in [1.82, 2.24) is 15.1 Å². The first-order chi connectivity index (χ1) is 8.58. The maximum Gasteiger partial charge on any atom is 0.257 e. The first-order valence-electron chi connectivity index (χ1n) is 5.29. The van der Waals surface area contributed by atoms with E-state index in [2.05, 4.69) is 10.2 Å². The van der Waals surface area contributed by atoms with Gasteiger partial charge in [0, 0.05) is 30.4 Å². The second-order valence-electron chi connectivity index (χ2n) is 3.93. The van der Waals surface area contributed by atoms with E-state index < -0.39 is 0 Å². The predicted molar refractivity (Wildman–Crippen MR) is 67.5 cm³/mol. The van der Waals surface area contributed by atoms with Crippen molar-refractivity contribution in [2.75, 3.05) is 7.05 Å². The molecular formula is C12H12ClN3O2. The number of hydrogen-bond donors (Lipinski definition) is 2. The lowest BCUT2D eigenvalue weighted by molar-refractivity contribution is 0.0782. The van der Waals surface area contributed by atoms with Crippen LogP contribution in [0.4, 0.5) is 0 Å². The average Bonchev–Trinajstić information content (AvgIpc) is 2.81. The van der Waals surface area contributed by atoms with Crippen LogP contribution in [0.2, 0.25) is 5.02 Å². The maximum absolute atomic E-state index is 12.1. The summed E-state index contributed by atoms with van der Waals surface area (Å²) >= 11 is 5.72. The van der Waals surface area contributed by atoms with E-state index in [0.717, 1.165) is 5.56 Å². The topological polar surface area (TPSA) is 69.2 Å². The number of aromatic hydroxyl groups is 1. The average molecular weight is 266 g/mol. The van der Waals surface area contributed by atoms with Gasteiger partial charge in [-0.2, -0.15) is 5.10 Å². The Kier molecular flexibility index (Phi) is 3.53. The van der Waals surface area contributed by atoms with Gasteiger partial charge in [0.25, 0.3) is 5.91 Å². The third-order valence-electron chi connectivity index (χ3n) is 2.51. The summed E-state index contributed by atoms with van der Waals surface area (Å²) in [5, 5.41) is 16.6. The molecule has 6 heteroatoms. The van der Waals surface area contributed by atoms with Gasteiger partial charge in [-0.3, -0.25) is 9.89 Å². The number of amides is 1. The van der Waals surface area contributed by atoms with Crippen molar-refractivity contribution in [1.29, 1.82) is 0 Å². The van der Waals surface area contributed by atoms with Gasteiger partial charge >= 0.3 is 0 Å². The zero-order valence-corrected chi connectivity index (χ0v) is 10.5. The Morgan fingerprint density at radius 3 is 2.94 bits per heavy atom. The van der Waals surface area contributed by atoms with Crippen LogP contribution < -0.4 is 0 Å². The summed E-state index contributed by atoms with van der Waals surface area (Å²) in [5.41, 5.74) is 1.12. The van der Waals surface area contributed by atoms with Crippen molar-refractivity contribution in [2.24, 2.45) is 0 Å². The Morgan fingerprint density at radius 2 is 2.33 bits per heavy atom. The fourth-order valence-corrected chi connectivity index (χ4v) is 1.77. The predicted octanol–water partition coefficient (Wildman–Crippen LogP) is 2.04. The van der Waals surface area contributed by atoms with Crippen LogP contribution >= 0.6 is 11.6 Å². The Bertz CT molecular complexity index is 554. The number of halogens is 1. The van der Waals surface area contributed by atoms with Crippen LogP contribution in [0.5, 0.6) is 5.75 Å². The number of hydrogen-bond acceptors (Lipinski definition) is 3. The molecule has 0 bridgehead atoms. The molecule has 0 fully saturated rings. The molecule has 0 spiro atoms. The largest absolute Gasteiger partial charge is 0.507 e. The number of nitrogens with zero attached hydrogens (tertiary/aromatic N) is 2. The fourth-order valence-electron chi connectivity index (χ4n) is 1.60. The normalized spacial score (nSPS) is 10.3. The molecule has 0 aliphatic rings. The molecule has 1 aromatic carbocycles. The van der Waals surface area contributed by atoms with Gasteiger partial charge in [0.2, 0.25) is 0 Å². The van der Waals surface area contributed by atoms with Crippen LogP contribution in [-0.4, -0.2) is 33.2 Å². The van der Waals surface area contributed by atoms with E-state index in [1.807, 2.05) is 0 Å². The zero-order valence-electron chi connectivity index (χ0n) is 9.72. The van der Waals surface area contributed by atoms with E-state index in [9.17, 15) is 9.90 Å². The van der Waals surface area contributed by atoms with Gasteiger partial charge in [0.15, 0.2) is 0 Å². The third-order valence-corrected chi connectivity index (χ3v) is 2.75. The molecule has 1 heterocycles. The lowest BCUT2D eigenvalue weighted by Crippen LogP contribution is -2.26. The number of benzene rings is 1. The molecule has 94 valence electrons. The molecule has 0 saturated carbocycles. The van der Waals surface area contributed by atoms with Crippen molar-refractivity contribution in [3.05, 3.63) is 46.7 Å². The van der Waals surface area contributed by atoms with Gasteiger partial charge in [0.1, 0.15) is 5.75 Å². The van der Waals surface area contributed by atoms with E-state index in [1.165, 1.54) is 17.0 Å². The minimum absolute atomic E-state index is 0.119. The molecule has 0 saturated heterocycles. The summed E-state index contributed by atoms with van der Waals surface area (Å²) in [5.74, 6) is -0.392. The van der Waals surface area contributed by atoms with E-state index in [4.69, 9.17) is 11.6 Å². The van der Waals surface area contributed by atoms with Gasteiger partial charge in [-0.05, 0) is 18.2 Å². The van der Waals surface area contributed by atoms with Crippen molar-refractivity contribution in [2.45, 2.75) is 6.54 Å². The second-order valence-corrected chi connectivity index (χ2v) is 4.37. The van der Waals surface area contributed by atoms with Crippen LogP contribution in [0.15, 0.2) is 30.6 Å². The van der Waals surface area contributed by atoms with Crippen molar-refractivity contribution >= 4 is 17.5 Å². The molecule has 2 aromatic rings. The number of H-pyrrole nitrogens is 1. The number of rotatable bonds is 3. The fraction of sp³-hybridized carbons (Fsp3) is 0.167. The summed E-state index contributed by atoms with van der Waals surface area (Å²) < 4.78 is 0. The van der Waals surface area contributed by atoms with Crippen LogP contribution in [0.1, 0.15) is 15.9 Å². The smallest absolute Gasteiger partial charge is 0.257 e. The minimum Gasteiger partial charge on any atom is -0.507 e. The molecular weight excluding hydrogens is 254 g/mol. The number of carbonyl (C=O) groups is 1. The SMILES string of the molecule is CN(Cc1cn[nH]c1)C(=O)c1ccc(Cl)cc1O. The second kappa shape index (κ2) is 5.10. The van der Waals surface area contributed by atoms with Crippen LogP contribution in [-0.2, 0) is 6.54 Å². The summed E-state index contributed by atoms with van der Waals surface area (Å²) in [6, 6.07) is 4.42. The van der Waals surface area contributed by atoms with Crippen molar-refractivity contribution < 1.29 is 9.90 Å². The number of aromatic amines is 1. The molecule has 0 aliphatic carbocycles. The lowest BCUT2D eigenvalue weighted by Gasteiger charge is -2.16. The number of phenolic OH excluding ortho intramolecular Hbond substituents is 1. The highest BCUT2D eigenvalue weighted by Crippen LogP contribution is 2.23. The molecule has 2 N–H and O–H groups in total. The molecule has 5 nitrogen and oxygen atoms in total. The molecule has 0 aliphatic heterocycles. The van der Waals surface area contributed by atoms with Crippen LogP contribution in [0, 0.1) is 0 Å². The van der Waals surface area contributed by atoms with E-state index in [1.54, 1.807) is 25.5 Å². The Morgan fingerprint density at radius 1 is 1.56 bits per heavy atom. The lowest BCUT2D eigenvalue weighted by atomic mass is 10.1. The summed E-state index contributed by atoms with van der Waals surface area (Å²) in [6.07, 6.45) is 3.36. The van der Waals surface area contributed by atoms with E-state index >= 15 is 0 Å². The summed E-state index contributed by atoms with van der Waals surface area (Å²) in [6.45, 7) is 0.414. The minimum atomic E-state index is -0.273. The molecule has 0 radical (unpaired) electrons. The number of nitrogens with one attached hydrogen (secondary N) is 1. The highest BCUT2D eigenvalue weighted by atomic mass is 35.5. The van der Waals surface area contributed by atoms with Crippen LogP contribution in [0.3, 0.4) is 0 Å². The van der Waals surface area contributed by atoms with Crippen molar-refractivity contribution in [3.8, 4) is 5.75 Å². The zero-order chi connectivity index (χ0) is 13.1. The van der Waals surface area contributed by atoms with Gasteiger partial charge in [-0.15, -0.1) is 0 Å².